The minimum Gasteiger partial charge on any atom is -0.118 e. The van der Waals surface area contributed by atoms with Crippen LogP contribution >= 0.6 is 23.2 Å². The third kappa shape index (κ3) is 2.23. The summed E-state index contributed by atoms with van der Waals surface area (Å²) in [5.41, 5.74) is 0. The zero-order valence-corrected chi connectivity index (χ0v) is 7.27. The van der Waals surface area contributed by atoms with Gasteiger partial charge in [0.25, 0.3) is 0 Å². The molecule has 0 heterocycles. The van der Waals surface area contributed by atoms with E-state index in [-0.39, 0.29) is 9.75 Å². The smallest absolute Gasteiger partial charge is 0.0576 e. The molecule has 50 valence electrons. The number of halogens is 2. The molecule has 0 aromatic carbocycles. The summed E-state index contributed by atoms with van der Waals surface area (Å²) in [5.74, 6) is 0. The van der Waals surface area contributed by atoms with Crippen molar-refractivity contribution in [3.05, 3.63) is 0 Å². The maximum absolute atomic E-state index is 5.88. The number of hydrogen-bond donors (Lipinski definition) is 0. The van der Waals surface area contributed by atoms with E-state index >= 15 is 0 Å². The van der Waals surface area contributed by atoms with E-state index in [0.717, 1.165) is 0 Å². The third-order valence-corrected chi connectivity index (χ3v) is 2.46. The molecule has 0 atom stereocenters. The SMILES string of the molecule is CC(C)(Cl)C(C)(C)Cl. The van der Waals surface area contributed by atoms with Gasteiger partial charge in [-0.1, -0.05) is 0 Å². The maximum Gasteiger partial charge on any atom is 0.0576 e. The molecule has 0 bridgehead atoms. The first-order chi connectivity index (χ1) is 3.25. The predicted molar refractivity (Wildman–Crippen MR) is 39.9 cm³/mol. The van der Waals surface area contributed by atoms with E-state index in [9.17, 15) is 0 Å². The molecule has 0 rings (SSSR count). The number of rotatable bonds is 1. The molecule has 0 saturated carbocycles. The minimum atomic E-state index is -0.325. The second kappa shape index (κ2) is 2.07. The lowest BCUT2D eigenvalue weighted by atomic mass is 9.99. The van der Waals surface area contributed by atoms with Gasteiger partial charge in [-0.2, -0.15) is 0 Å². The van der Waals surface area contributed by atoms with Gasteiger partial charge in [0.05, 0.1) is 9.75 Å². The van der Waals surface area contributed by atoms with Crippen LogP contribution in [-0.2, 0) is 0 Å². The van der Waals surface area contributed by atoms with Crippen LogP contribution in [0.15, 0.2) is 0 Å². The molecule has 0 aliphatic carbocycles. The molecule has 0 N–H and O–H groups in total. The van der Waals surface area contributed by atoms with Gasteiger partial charge < -0.3 is 0 Å². The summed E-state index contributed by atoms with van der Waals surface area (Å²) in [7, 11) is 0. The zero-order chi connectivity index (χ0) is 7.00. The Morgan fingerprint density at radius 1 is 0.750 bits per heavy atom. The topological polar surface area (TPSA) is 0 Å². The van der Waals surface area contributed by atoms with Crippen molar-refractivity contribution in [1.82, 2.24) is 0 Å². The van der Waals surface area contributed by atoms with Crippen LogP contribution in [0.3, 0.4) is 0 Å². The quantitative estimate of drug-likeness (QED) is 0.510. The van der Waals surface area contributed by atoms with Gasteiger partial charge in [0.2, 0.25) is 0 Å². The lowest BCUT2D eigenvalue weighted by molar-refractivity contribution is 0.531. The summed E-state index contributed by atoms with van der Waals surface area (Å²) in [5, 5.41) is 0. The lowest BCUT2D eigenvalue weighted by Crippen LogP contribution is -2.34. The number of alkyl halides is 2. The predicted octanol–water partition coefficient (Wildman–Crippen LogP) is 3.02. The van der Waals surface area contributed by atoms with E-state index in [4.69, 9.17) is 23.2 Å². The molecule has 0 aromatic heterocycles. The van der Waals surface area contributed by atoms with Crippen LogP contribution in [0.1, 0.15) is 27.7 Å². The average molecular weight is 155 g/mol. The molecule has 0 nitrogen and oxygen atoms in total. The highest BCUT2D eigenvalue weighted by molar-refractivity contribution is 6.34. The van der Waals surface area contributed by atoms with E-state index in [1.165, 1.54) is 0 Å². The normalized spacial score (nSPS) is 14.2. The fraction of sp³-hybridized carbons (Fsp3) is 1.00. The Labute approximate surface area is 61.2 Å². The zero-order valence-electron chi connectivity index (χ0n) is 5.76. The first-order valence-electron chi connectivity index (χ1n) is 2.63. The van der Waals surface area contributed by atoms with E-state index in [2.05, 4.69) is 0 Å². The van der Waals surface area contributed by atoms with Crippen molar-refractivity contribution >= 4 is 23.2 Å². The van der Waals surface area contributed by atoms with Gasteiger partial charge in [0.15, 0.2) is 0 Å². The Kier molecular flexibility index (Phi) is 2.22. The van der Waals surface area contributed by atoms with E-state index in [1.54, 1.807) is 0 Å². The van der Waals surface area contributed by atoms with Crippen molar-refractivity contribution < 1.29 is 0 Å². The van der Waals surface area contributed by atoms with Crippen molar-refractivity contribution in [3.63, 3.8) is 0 Å². The highest BCUT2D eigenvalue weighted by atomic mass is 35.5. The van der Waals surface area contributed by atoms with Crippen LogP contribution in [0.5, 0.6) is 0 Å². The van der Waals surface area contributed by atoms with Gasteiger partial charge in [-0.3, -0.25) is 0 Å². The second-order valence-electron chi connectivity index (χ2n) is 2.94. The van der Waals surface area contributed by atoms with Crippen molar-refractivity contribution in [2.45, 2.75) is 37.4 Å². The highest BCUT2D eigenvalue weighted by Gasteiger charge is 2.32. The first kappa shape index (κ1) is 8.58. The third-order valence-electron chi connectivity index (χ3n) is 1.41. The van der Waals surface area contributed by atoms with Gasteiger partial charge in [0.1, 0.15) is 0 Å². The molecule has 0 spiro atoms. The van der Waals surface area contributed by atoms with Crippen molar-refractivity contribution in [2.75, 3.05) is 0 Å². The fourth-order valence-electron chi connectivity index (χ4n) is 0. The van der Waals surface area contributed by atoms with Gasteiger partial charge in [0, 0.05) is 0 Å². The van der Waals surface area contributed by atoms with Crippen LogP contribution < -0.4 is 0 Å². The lowest BCUT2D eigenvalue weighted by Gasteiger charge is -2.29. The molecule has 0 fully saturated rings. The largest absolute Gasteiger partial charge is 0.118 e. The Bertz CT molecular complexity index is 61.5. The minimum absolute atomic E-state index is 0.325. The summed E-state index contributed by atoms with van der Waals surface area (Å²) < 4.78 is 0. The first-order valence-corrected chi connectivity index (χ1v) is 3.38. The average Bonchev–Trinajstić information content (AvgIpc) is 1.25. The molecule has 0 saturated heterocycles. The molecule has 0 amide bonds. The van der Waals surface area contributed by atoms with Crippen LogP contribution in [0.4, 0.5) is 0 Å². The van der Waals surface area contributed by atoms with E-state index < -0.39 is 0 Å². The van der Waals surface area contributed by atoms with Gasteiger partial charge >= 0.3 is 0 Å². The molecule has 0 unspecified atom stereocenters. The molecule has 0 aliphatic heterocycles. The van der Waals surface area contributed by atoms with Crippen molar-refractivity contribution in [3.8, 4) is 0 Å². The molecule has 0 aromatic rings. The van der Waals surface area contributed by atoms with Crippen molar-refractivity contribution in [1.29, 1.82) is 0 Å². The monoisotopic (exact) mass is 154 g/mol. The molecular formula is C6H12Cl2. The molecule has 8 heavy (non-hydrogen) atoms. The maximum atomic E-state index is 5.88. The summed E-state index contributed by atoms with van der Waals surface area (Å²) in [6.45, 7) is 7.62. The molecule has 0 radical (unpaired) electrons. The Hall–Kier alpha value is 0.580. The summed E-state index contributed by atoms with van der Waals surface area (Å²) in [6, 6.07) is 0. The van der Waals surface area contributed by atoms with Gasteiger partial charge in [-0.05, 0) is 27.7 Å². The summed E-state index contributed by atoms with van der Waals surface area (Å²) in [6.07, 6.45) is 0. The van der Waals surface area contributed by atoms with E-state index in [1.807, 2.05) is 27.7 Å². The van der Waals surface area contributed by atoms with Gasteiger partial charge in [-0.25, -0.2) is 0 Å². The van der Waals surface area contributed by atoms with E-state index in [0.29, 0.717) is 0 Å². The summed E-state index contributed by atoms with van der Waals surface area (Å²) in [4.78, 5) is -0.650. The van der Waals surface area contributed by atoms with Crippen LogP contribution in [0, 0.1) is 0 Å². The van der Waals surface area contributed by atoms with Crippen LogP contribution in [0.2, 0.25) is 0 Å². The standard InChI is InChI=1S/C6H12Cl2/c1-5(2,7)6(3,4)8/h1-4H3. The number of hydrogen-bond acceptors (Lipinski definition) is 0. The molecule has 2 heteroatoms. The van der Waals surface area contributed by atoms with Crippen LogP contribution in [-0.4, -0.2) is 9.75 Å². The Morgan fingerprint density at radius 2 is 0.875 bits per heavy atom. The molecule has 0 aliphatic rings. The molecular weight excluding hydrogens is 143 g/mol. The second-order valence-corrected chi connectivity index (χ2v) is 4.83. The van der Waals surface area contributed by atoms with Crippen molar-refractivity contribution in [2.24, 2.45) is 0 Å². The Morgan fingerprint density at radius 3 is 0.875 bits per heavy atom. The fourth-order valence-corrected chi connectivity index (χ4v) is 0. The highest BCUT2D eigenvalue weighted by Crippen LogP contribution is 2.33. The Balaban J connectivity index is 4.02. The van der Waals surface area contributed by atoms with Crippen LogP contribution in [0.25, 0.3) is 0 Å². The summed E-state index contributed by atoms with van der Waals surface area (Å²) >= 11 is 11.8. The van der Waals surface area contributed by atoms with Gasteiger partial charge in [-0.15, -0.1) is 23.2 Å².